The topological polar surface area (TPSA) is 92.7 Å². The van der Waals surface area contributed by atoms with Gasteiger partial charge in [-0.2, -0.15) is 0 Å². The molecule has 8 nitrogen and oxygen atoms in total. The third kappa shape index (κ3) is 7.97. The quantitative estimate of drug-likeness (QED) is 0.131. The van der Waals surface area contributed by atoms with Crippen molar-refractivity contribution in [2.24, 2.45) is 0 Å². The highest BCUT2D eigenvalue weighted by molar-refractivity contribution is 5.86. The van der Waals surface area contributed by atoms with Crippen molar-refractivity contribution < 1.29 is 38.3 Å². The van der Waals surface area contributed by atoms with Crippen LogP contribution < -0.4 is 23.7 Å². The molecule has 5 atom stereocenters. The molecule has 244 valence electrons. The molecule has 1 saturated heterocycles. The first kappa shape index (κ1) is 32.2. The lowest BCUT2D eigenvalue weighted by Gasteiger charge is -2.46. The zero-order valence-electron chi connectivity index (χ0n) is 26.3. The van der Waals surface area contributed by atoms with Crippen molar-refractivity contribution in [1.29, 1.82) is 0 Å². The number of benzene rings is 5. The van der Waals surface area contributed by atoms with Crippen LogP contribution in [0.4, 0.5) is 0 Å². The maximum Gasteiger partial charge on any atom is 0.328 e. The summed E-state index contributed by atoms with van der Waals surface area (Å²) in [6.07, 6.45) is -1.15. The lowest BCUT2D eigenvalue weighted by atomic mass is 9.88. The van der Waals surface area contributed by atoms with Crippen molar-refractivity contribution in [2.75, 3.05) is 13.7 Å². The Hall–Kier alpha value is -5.73. The van der Waals surface area contributed by atoms with Gasteiger partial charge in [-0.3, -0.25) is 0 Å². The summed E-state index contributed by atoms with van der Waals surface area (Å²) in [5, 5.41) is 9.55. The summed E-state index contributed by atoms with van der Waals surface area (Å²) < 4.78 is 39.3. The van der Waals surface area contributed by atoms with Crippen LogP contribution in [0.2, 0.25) is 0 Å². The van der Waals surface area contributed by atoms with E-state index >= 15 is 0 Å². The minimum absolute atomic E-state index is 0.120. The van der Waals surface area contributed by atoms with Gasteiger partial charge < -0.3 is 33.5 Å². The van der Waals surface area contributed by atoms with Gasteiger partial charge in [-0.05, 0) is 66.2 Å². The van der Waals surface area contributed by atoms with E-state index in [0.29, 0.717) is 39.9 Å². The first-order valence-electron chi connectivity index (χ1n) is 15.7. The summed E-state index contributed by atoms with van der Waals surface area (Å²) in [4.78, 5) is 11.7. The van der Waals surface area contributed by atoms with Crippen LogP contribution in [0.1, 0.15) is 17.2 Å². The Morgan fingerprint density at radius 3 is 1.67 bits per heavy atom. The summed E-state index contributed by atoms with van der Waals surface area (Å²) in [6.45, 7) is 0.120. The second-order valence-corrected chi connectivity index (χ2v) is 11.0. The molecule has 1 fully saturated rings. The molecule has 0 bridgehead atoms. The van der Waals surface area contributed by atoms with E-state index in [4.69, 9.17) is 28.4 Å². The van der Waals surface area contributed by atoms with Crippen LogP contribution in [0.3, 0.4) is 0 Å². The molecule has 0 spiro atoms. The molecule has 0 aromatic heterocycles. The highest BCUT2D eigenvalue weighted by Gasteiger charge is 2.52. The lowest BCUT2D eigenvalue weighted by Crippen LogP contribution is -2.62. The number of carboxylic acids is 1. The summed E-state index contributed by atoms with van der Waals surface area (Å²) in [5.74, 6) is 1.90. The Labute approximate surface area is 279 Å². The molecule has 1 aliphatic heterocycles. The monoisotopic (exact) mass is 644 g/mol. The van der Waals surface area contributed by atoms with E-state index < -0.39 is 36.5 Å². The van der Waals surface area contributed by atoms with Crippen LogP contribution in [-0.4, -0.2) is 49.2 Å². The molecule has 8 heteroatoms. The van der Waals surface area contributed by atoms with Crippen molar-refractivity contribution in [3.63, 3.8) is 0 Å². The molecule has 0 aliphatic carbocycles. The maximum absolute atomic E-state index is 11.7. The standard InChI is InChI=1S/C40H36O8/c1-43-34-24-14-23-33(32(34)25-26-36(41)42)37-39(46-30-19-10-4-11-20-30)40(47-31-21-12-5-13-22-31)38(45-29-17-8-3-9-18-29)35(48-37)27-44-28-15-6-2-7-16-28/h2-26,35,37-40H,27H2,1H3,(H,41,42)/b26-25+/t35-,37-,38-,39-,40+/m1/s1. The molecule has 5 aromatic rings. The smallest absolute Gasteiger partial charge is 0.328 e. The fourth-order valence-electron chi connectivity index (χ4n) is 5.69. The van der Waals surface area contributed by atoms with Crippen LogP contribution in [-0.2, 0) is 9.53 Å². The third-order valence-electron chi connectivity index (χ3n) is 7.86. The molecule has 0 saturated carbocycles. The highest BCUT2D eigenvalue weighted by Crippen LogP contribution is 2.42. The average Bonchev–Trinajstić information content (AvgIpc) is 3.13. The SMILES string of the molecule is COc1cccc([C@H]2O[C@H](COc3ccccc3)[C@@H](Oc3ccccc3)[C@H](Oc3ccccc3)[C@@H]2Oc2ccccc2)c1/C=C/C(=O)O. The number of para-hydroxylation sites is 4. The molecule has 1 N–H and O–H groups in total. The van der Waals surface area contributed by atoms with Crippen molar-refractivity contribution in [1.82, 2.24) is 0 Å². The van der Waals surface area contributed by atoms with E-state index in [2.05, 4.69) is 0 Å². The van der Waals surface area contributed by atoms with Crippen LogP contribution >= 0.6 is 0 Å². The summed E-state index contributed by atoms with van der Waals surface area (Å²) >= 11 is 0. The van der Waals surface area contributed by atoms with Gasteiger partial charge in [0.15, 0.2) is 18.3 Å². The molecule has 5 aromatic carbocycles. The van der Waals surface area contributed by atoms with E-state index in [1.807, 2.05) is 133 Å². The number of aliphatic carboxylic acids is 1. The fourth-order valence-corrected chi connectivity index (χ4v) is 5.69. The van der Waals surface area contributed by atoms with Crippen LogP contribution in [0.15, 0.2) is 146 Å². The number of carboxylic acid groups (broad SMARTS) is 1. The highest BCUT2D eigenvalue weighted by atomic mass is 16.6. The van der Waals surface area contributed by atoms with E-state index in [-0.39, 0.29) is 6.61 Å². The van der Waals surface area contributed by atoms with Crippen molar-refractivity contribution >= 4 is 12.0 Å². The second-order valence-electron chi connectivity index (χ2n) is 11.0. The average molecular weight is 645 g/mol. The number of ether oxygens (including phenoxy) is 6. The number of methoxy groups -OCH3 is 1. The predicted molar refractivity (Wildman–Crippen MR) is 182 cm³/mol. The fraction of sp³-hybridized carbons (Fsp3) is 0.175. The predicted octanol–water partition coefficient (Wildman–Crippen LogP) is 7.65. The van der Waals surface area contributed by atoms with E-state index in [0.717, 1.165) is 6.08 Å². The number of hydrogen-bond acceptors (Lipinski definition) is 7. The Morgan fingerprint density at radius 1 is 0.646 bits per heavy atom. The minimum Gasteiger partial charge on any atom is -0.496 e. The molecule has 1 aliphatic rings. The van der Waals surface area contributed by atoms with Gasteiger partial charge in [0.25, 0.3) is 0 Å². The van der Waals surface area contributed by atoms with Crippen molar-refractivity contribution in [2.45, 2.75) is 30.5 Å². The molecular formula is C40H36O8. The van der Waals surface area contributed by atoms with E-state index in [9.17, 15) is 9.90 Å². The molecule has 6 rings (SSSR count). The van der Waals surface area contributed by atoms with E-state index in [1.165, 1.54) is 6.08 Å². The van der Waals surface area contributed by atoms with Gasteiger partial charge in [0.1, 0.15) is 47.6 Å². The molecule has 48 heavy (non-hydrogen) atoms. The zero-order valence-corrected chi connectivity index (χ0v) is 26.3. The minimum atomic E-state index is -1.09. The largest absolute Gasteiger partial charge is 0.496 e. The van der Waals surface area contributed by atoms with Crippen LogP contribution in [0.25, 0.3) is 6.08 Å². The van der Waals surface area contributed by atoms with E-state index in [1.54, 1.807) is 13.2 Å². The van der Waals surface area contributed by atoms with Gasteiger partial charge in [0.05, 0.1) is 7.11 Å². The third-order valence-corrected chi connectivity index (χ3v) is 7.86. The van der Waals surface area contributed by atoms with Crippen molar-refractivity contribution in [3.8, 4) is 28.7 Å². The number of hydrogen-bond donors (Lipinski definition) is 1. The molecular weight excluding hydrogens is 608 g/mol. The summed E-state index contributed by atoms with van der Waals surface area (Å²) in [6, 6.07) is 43.4. The van der Waals surface area contributed by atoms with Crippen LogP contribution in [0, 0.1) is 0 Å². The van der Waals surface area contributed by atoms with Gasteiger partial charge >= 0.3 is 5.97 Å². The molecule has 1 heterocycles. The Balaban J connectivity index is 1.51. The van der Waals surface area contributed by atoms with Crippen molar-refractivity contribution in [3.05, 3.63) is 157 Å². The first-order chi connectivity index (χ1) is 23.6. The zero-order chi connectivity index (χ0) is 33.1. The summed E-state index contributed by atoms with van der Waals surface area (Å²) in [5.41, 5.74) is 1.19. The Morgan fingerprint density at radius 2 is 1.15 bits per heavy atom. The Kier molecular flexibility index (Phi) is 10.5. The maximum atomic E-state index is 11.7. The summed E-state index contributed by atoms with van der Waals surface area (Å²) in [7, 11) is 1.54. The van der Waals surface area contributed by atoms with Gasteiger partial charge in [0, 0.05) is 11.6 Å². The Bertz CT molecular complexity index is 1760. The molecule has 0 amide bonds. The van der Waals surface area contributed by atoms with Gasteiger partial charge in [-0.15, -0.1) is 0 Å². The number of rotatable bonds is 13. The lowest BCUT2D eigenvalue weighted by molar-refractivity contribution is -0.210. The first-order valence-corrected chi connectivity index (χ1v) is 15.7. The van der Waals surface area contributed by atoms with Gasteiger partial charge in [-0.25, -0.2) is 4.79 Å². The molecule has 0 unspecified atom stereocenters. The van der Waals surface area contributed by atoms with Gasteiger partial charge in [0.2, 0.25) is 0 Å². The normalized spacial score (nSPS) is 20.5. The van der Waals surface area contributed by atoms with Gasteiger partial charge in [-0.1, -0.05) is 84.9 Å². The molecule has 0 radical (unpaired) electrons. The number of carbonyl (C=O) groups is 1. The van der Waals surface area contributed by atoms with Crippen LogP contribution in [0.5, 0.6) is 28.7 Å². The second kappa shape index (κ2) is 15.7.